The van der Waals surface area contributed by atoms with Crippen LogP contribution in [-0.4, -0.2) is 23.7 Å². The summed E-state index contributed by atoms with van der Waals surface area (Å²) in [5, 5.41) is 12.2. The standard InChI is InChI=1S/C16H25NO2/c1-4-9-17-15(11-16(18)19)10-13-5-7-14(8-6-13)12(2)3/h5-8,12,15,17H,4,9-11H2,1-3H3,(H,18,19). The van der Waals surface area contributed by atoms with E-state index in [9.17, 15) is 4.79 Å². The van der Waals surface area contributed by atoms with Crippen molar-refractivity contribution in [1.29, 1.82) is 0 Å². The first-order valence-corrected chi connectivity index (χ1v) is 7.07. The SMILES string of the molecule is CCCNC(CC(=O)O)Cc1ccc(C(C)C)cc1. The Hall–Kier alpha value is -1.35. The molecule has 2 N–H and O–H groups in total. The summed E-state index contributed by atoms with van der Waals surface area (Å²) in [5.41, 5.74) is 2.51. The first kappa shape index (κ1) is 15.7. The summed E-state index contributed by atoms with van der Waals surface area (Å²) in [5.74, 6) is -0.213. The molecule has 3 nitrogen and oxygen atoms in total. The molecule has 1 rings (SSSR count). The highest BCUT2D eigenvalue weighted by molar-refractivity contribution is 5.67. The van der Waals surface area contributed by atoms with E-state index in [-0.39, 0.29) is 12.5 Å². The van der Waals surface area contributed by atoms with E-state index >= 15 is 0 Å². The second-order valence-electron chi connectivity index (χ2n) is 5.35. The minimum absolute atomic E-state index is 0.0161. The van der Waals surface area contributed by atoms with Gasteiger partial charge < -0.3 is 10.4 Å². The van der Waals surface area contributed by atoms with Crippen LogP contribution in [0.2, 0.25) is 0 Å². The van der Waals surface area contributed by atoms with Crippen LogP contribution in [0.5, 0.6) is 0 Å². The first-order valence-electron chi connectivity index (χ1n) is 7.07. The van der Waals surface area contributed by atoms with Crippen LogP contribution in [0.4, 0.5) is 0 Å². The third-order valence-electron chi connectivity index (χ3n) is 3.23. The number of aliphatic carboxylic acids is 1. The van der Waals surface area contributed by atoms with E-state index in [1.165, 1.54) is 11.1 Å². The van der Waals surface area contributed by atoms with E-state index in [4.69, 9.17) is 5.11 Å². The van der Waals surface area contributed by atoms with Crippen molar-refractivity contribution >= 4 is 5.97 Å². The molecule has 0 fully saturated rings. The molecular formula is C16H25NO2. The Bertz CT molecular complexity index is 384. The van der Waals surface area contributed by atoms with E-state index in [1.54, 1.807) is 0 Å². The Morgan fingerprint density at radius 2 is 1.89 bits per heavy atom. The molecule has 0 bridgehead atoms. The lowest BCUT2D eigenvalue weighted by Gasteiger charge is -2.17. The molecule has 0 aliphatic heterocycles. The topological polar surface area (TPSA) is 49.3 Å². The van der Waals surface area contributed by atoms with Crippen LogP contribution in [0.3, 0.4) is 0 Å². The maximum Gasteiger partial charge on any atom is 0.304 e. The highest BCUT2D eigenvalue weighted by atomic mass is 16.4. The number of rotatable bonds is 8. The quantitative estimate of drug-likeness (QED) is 0.757. The molecule has 3 heteroatoms. The molecule has 0 heterocycles. The molecule has 19 heavy (non-hydrogen) atoms. The van der Waals surface area contributed by atoms with Crippen molar-refractivity contribution in [1.82, 2.24) is 5.32 Å². The largest absolute Gasteiger partial charge is 0.481 e. The van der Waals surface area contributed by atoms with Gasteiger partial charge in [-0.05, 0) is 36.4 Å². The van der Waals surface area contributed by atoms with Gasteiger partial charge in [0.2, 0.25) is 0 Å². The van der Waals surface area contributed by atoms with Crippen molar-refractivity contribution in [2.75, 3.05) is 6.54 Å². The summed E-state index contributed by atoms with van der Waals surface area (Å²) in [7, 11) is 0. The summed E-state index contributed by atoms with van der Waals surface area (Å²) in [4.78, 5) is 10.9. The molecule has 0 aliphatic carbocycles. The van der Waals surface area contributed by atoms with Gasteiger partial charge in [-0.25, -0.2) is 0 Å². The van der Waals surface area contributed by atoms with Crippen LogP contribution in [0.25, 0.3) is 0 Å². The zero-order chi connectivity index (χ0) is 14.3. The van der Waals surface area contributed by atoms with E-state index in [0.29, 0.717) is 5.92 Å². The lowest BCUT2D eigenvalue weighted by atomic mass is 9.98. The van der Waals surface area contributed by atoms with E-state index in [2.05, 4.69) is 50.4 Å². The fourth-order valence-corrected chi connectivity index (χ4v) is 2.10. The van der Waals surface area contributed by atoms with Gasteiger partial charge >= 0.3 is 5.97 Å². The zero-order valence-electron chi connectivity index (χ0n) is 12.1. The lowest BCUT2D eigenvalue weighted by Crippen LogP contribution is -2.33. The first-order chi connectivity index (χ1) is 9.02. The molecule has 0 aliphatic rings. The number of hydrogen-bond donors (Lipinski definition) is 2. The number of benzene rings is 1. The van der Waals surface area contributed by atoms with Gasteiger partial charge in [0.15, 0.2) is 0 Å². The van der Waals surface area contributed by atoms with Crippen molar-refractivity contribution in [3.05, 3.63) is 35.4 Å². The Morgan fingerprint density at radius 1 is 1.26 bits per heavy atom. The molecule has 0 amide bonds. The number of carbonyl (C=O) groups is 1. The third-order valence-corrected chi connectivity index (χ3v) is 3.23. The summed E-state index contributed by atoms with van der Waals surface area (Å²) in [6, 6.07) is 8.51. The van der Waals surface area contributed by atoms with Crippen LogP contribution in [0.1, 0.15) is 50.7 Å². The minimum Gasteiger partial charge on any atom is -0.481 e. The van der Waals surface area contributed by atoms with Crippen LogP contribution in [-0.2, 0) is 11.2 Å². The van der Waals surface area contributed by atoms with E-state index in [1.807, 2.05) is 0 Å². The van der Waals surface area contributed by atoms with Crippen LogP contribution in [0.15, 0.2) is 24.3 Å². The summed E-state index contributed by atoms with van der Waals surface area (Å²) < 4.78 is 0. The van der Waals surface area contributed by atoms with Gasteiger partial charge in [-0.1, -0.05) is 45.0 Å². The van der Waals surface area contributed by atoms with Gasteiger partial charge in [-0.15, -0.1) is 0 Å². The molecule has 1 aromatic rings. The Labute approximate surface area is 116 Å². The van der Waals surface area contributed by atoms with Gasteiger partial charge in [0.1, 0.15) is 0 Å². The molecule has 0 saturated heterocycles. The van der Waals surface area contributed by atoms with E-state index in [0.717, 1.165) is 19.4 Å². The summed E-state index contributed by atoms with van der Waals surface area (Å²) >= 11 is 0. The zero-order valence-corrected chi connectivity index (χ0v) is 12.1. The molecule has 0 radical (unpaired) electrons. The molecule has 1 unspecified atom stereocenters. The van der Waals surface area contributed by atoms with Crippen molar-refractivity contribution in [3.63, 3.8) is 0 Å². The van der Waals surface area contributed by atoms with Crippen LogP contribution < -0.4 is 5.32 Å². The number of carboxylic acids is 1. The predicted molar refractivity (Wildman–Crippen MR) is 78.6 cm³/mol. The highest BCUT2D eigenvalue weighted by Crippen LogP contribution is 2.16. The van der Waals surface area contributed by atoms with Crippen molar-refractivity contribution < 1.29 is 9.90 Å². The fourth-order valence-electron chi connectivity index (χ4n) is 2.10. The molecular weight excluding hydrogens is 238 g/mol. The van der Waals surface area contributed by atoms with Gasteiger partial charge in [-0.2, -0.15) is 0 Å². The highest BCUT2D eigenvalue weighted by Gasteiger charge is 2.13. The van der Waals surface area contributed by atoms with Crippen LogP contribution >= 0.6 is 0 Å². The molecule has 0 spiro atoms. The Morgan fingerprint density at radius 3 is 2.37 bits per heavy atom. The fraction of sp³-hybridized carbons (Fsp3) is 0.562. The molecule has 0 aromatic heterocycles. The molecule has 1 atom stereocenters. The average molecular weight is 263 g/mol. The molecule has 0 saturated carbocycles. The Kier molecular flexibility index (Phi) is 6.57. The summed E-state index contributed by atoms with van der Waals surface area (Å²) in [6.45, 7) is 7.29. The maximum absolute atomic E-state index is 10.9. The minimum atomic E-state index is -0.743. The summed E-state index contributed by atoms with van der Waals surface area (Å²) in [6.07, 6.45) is 1.96. The van der Waals surface area contributed by atoms with E-state index < -0.39 is 5.97 Å². The monoisotopic (exact) mass is 263 g/mol. The average Bonchev–Trinajstić information content (AvgIpc) is 2.36. The normalized spacial score (nSPS) is 12.6. The lowest BCUT2D eigenvalue weighted by molar-refractivity contribution is -0.137. The smallest absolute Gasteiger partial charge is 0.304 e. The number of nitrogens with one attached hydrogen (secondary N) is 1. The van der Waals surface area contributed by atoms with Gasteiger partial charge in [-0.3, -0.25) is 4.79 Å². The van der Waals surface area contributed by atoms with Gasteiger partial charge in [0.05, 0.1) is 6.42 Å². The second kappa shape index (κ2) is 7.95. The van der Waals surface area contributed by atoms with Crippen molar-refractivity contribution in [2.45, 2.75) is 52.0 Å². The van der Waals surface area contributed by atoms with Gasteiger partial charge in [0, 0.05) is 6.04 Å². The van der Waals surface area contributed by atoms with Gasteiger partial charge in [0.25, 0.3) is 0 Å². The number of carboxylic acid groups (broad SMARTS) is 1. The Balaban J connectivity index is 2.63. The maximum atomic E-state index is 10.9. The molecule has 1 aromatic carbocycles. The third kappa shape index (κ3) is 5.88. The van der Waals surface area contributed by atoms with Crippen molar-refractivity contribution in [3.8, 4) is 0 Å². The predicted octanol–water partition coefficient (Wildman–Crippen LogP) is 3.20. The van der Waals surface area contributed by atoms with Crippen molar-refractivity contribution in [2.24, 2.45) is 0 Å². The number of hydrogen-bond acceptors (Lipinski definition) is 2. The second-order valence-corrected chi connectivity index (χ2v) is 5.35. The molecule has 106 valence electrons. The van der Waals surface area contributed by atoms with Crippen LogP contribution in [0, 0.1) is 0 Å².